The zero-order valence-electron chi connectivity index (χ0n) is 31.5. The highest BCUT2D eigenvalue weighted by Crippen LogP contribution is 2.40. The second-order valence-electron chi connectivity index (χ2n) is 14.7. The van der Waals surface area contributed by atoms with Gasteiger partial charge >= 0.3 is 0 Å². The zero-order valence-corrected chi connectivity index (χ0v) is 32.3. The van der Waals surface area contributed by atoms with E-state index in [0.29, 0.717) is 0 Å². The van der Waals surface area contributed by atoms with Gasteiger partial charge in [-0.05, 0) is 99.1 Å². The van der Waals surface area contributed by atoms with E-state index in [0.717, 1.165) is 44.1 Å². The van der Waals surface area contributed by atoms with Gasteiger partial charge in [0.2, 0.25) is 0 Å². The van der Waals surface area contributed by atoms with Gasteiger partial charge in [-0.2, -0.15) is 0 Å². The number of thiazole rings is 1. The Balaban J connectivity index is 1.01. The summed E-state index contributed by atoms with van der Waals surface area (Å²) in [6, 6.07) is 73.9. The average molecular weight is 758 g/mol. The van der Waals surface area contributed by atoms with Crippen molar-refractivity contribution in [2.75, 3.05) is 0 Å². The van der Waals surface area contributed by atoms with Crippen LogP contribution in [0.25, 0.3) is 104 Å². The molecule has 3 nitrogen and oxygen atoms in total. The van der Waals surface area contributed by atoms with Crippen LogP contribution in [0.5, 0.6) is 0 Å². The zero-order chi connectivity index (χ0) is 38.4. The van der Waals surface area contributed by atoms with Crippen molar-refractivity contribution in [1.82, 2.24) is 14.5 Å². The molecule has 0 saturated heterocycles. The molecule has 0 radical (unpaired) electrons. The quantitative estimate of drug-likeness (QED) is 0.162. The molecular weight excluding hydrogens is 723 g/mol. The Morgan fingerprint density at radius 3 is 1.60 bits per heavy atom. The molecule has 0 aliphatic carbocycles. The lowest BCUT2D eigenvalue weighted by Gasteiger charge is -2.11. The van der Waals surface area contributed by atoms with Crippen LogP contribution in [0.3, 0.4) is 0 Å². The Kier molecular flexibility index (Phi) is 8.34. The summed E-state index contributed by atoms with van der Waals surface area (Å²) in [5.41, 5.74) is 17.2. The van der Waals surface area contributed by atoms with Crippen LogP contribution in [0.15, 0.2) is 212 Å². The summed E-state index contributed by atoms with van der Waals surface area (Å²) in [5, 5.41) is 3.42. The molecule has 0 fully saturated rings. The van der Waals surface area contributed by atoms with E-state index in [-0.39, 0.29) is 0 Å². The van der Waals surface area contributed by atoms with Crippen molar-refractivity contribution in [1.29, 1.82) is 0 Å². The third kappa shape index (κ3) is 6.17. The minimum absolute atomic E-state index is 0.952. The van der Waals surface area contributed by atoms with Crippen LogP contribution in [-0.4, -0.2) is 14.5 Å². The van der Waals surface area contributed by atoms with Gasteiger partial charge in [0.05, 0.1) is 26.9 Å². The molecule has 272 valence electrons. The number of hydrogen-bond donors (Lipinski definition) is 0. The van der Waals surface area contributed by atoms with E-state index in [4.69, 9.17) is 4.98 Å². The van der Waals surface area contributed by atoms with Crippen molar-refractivity contribution in [2.45, 2.75) is 0 Å². The van der Waals surface area contributed by atoms with Gasteiger partial charge in [0.15, 0.2) is 0 Å². The molecule has 8 aromatic carbocycles. The highest BCUT2D eigenvalue weighted by Gasteiger charge is 2.17. The lowest BCUT2D eigenvalue weighted by Crippen LogP contribution is -1.95. The summed E-state index contributed by atoms with van der Waals surface area (Å²) in [4.78, 5) is 9.84. The number of rotatable bonds is 7. The average Bonchev–Trinajstić information content (AvgIpc) is 3.88. The summed E-state index contributed by atoms with van der Waals surface area (Å²) >= 11 is 1.75. The van der Waals surface area contributed by atoms with Gasteiger partial charge in [-0.15, -0.1) is 11.3 Å². The molecule has 0 unspecified atom stereocenters. The number of benzene rings is 8. The van der Waals surface area contributed by atoms with Crippen LogP contribution in [0.4, 0.5) is 0 Å². The van der Waals surface area contributed by atoms with Gasteiger partial charge < -0.3 is 4.57 Å². The molecule has 0 bridgehead atoms. The maximum absolute atomic E-state index is 5.17. The Morgan fingerprint density at radius 2 is 0.931 bits per heavy atom. The van der Waals surface area contributed by atoms with Crippen LogP contribution in [0.1, 0.15) is 0 Å². The van der Waals surface area contributed by atoms with Gasteiger partial charge in [-0.25, -0.2) is 4.98 Å². The lowest BCUT2D eigenvalue weighted by atomic mass is 9.99. The third-order valence-corrected chi connectivity index (χ3v) is 12.2. The fourth-order valence-electron chi connectivity index (χ4n) is 8.15. The molecule has 0 amide bonds. The molecule has 0 saturated carbocycles. The second-order valence-corrected chi connectivity index (χ2v) is 15.7. The summed E-state index contributed by atoms with van der Waals surface area (Å²) < 4.78 is 3.57. The number of aromatic nitrogens is 3. The summed E-state index contributed by atoms with van der Waals surface area (Å²) in [6.45, 7) is 0. The van der Waals surface area contributed by atoms with Crippen molar-refractivity contribution in [2.24, 2.45) is 0 Å². The summed E-state index contributed by atoms with van der Waals surface area (Å²) in [5.74, 6) is 0. The highest BCUT2D eigenvalue weighted by molar-refractivity contribution is 7.21. The Morgan fingerprint density at radius 1 is 0.362 bits per heavy atom. The van der Waals surface area contributed by atoms with Crippen molar-refractivity contribution >= 4 is 43.4 Å². The third-order valence-electron chi connectivity index (χ3n) is 11.1. The maximum Gasteiger partial charge on any atom is 0.124 e. The van der Waals surface area contributed by atoms with E-state index >= 15 is 0 Å². The van der Waals surface area contributed by atoms with Gasteiger partial charge in [-0.3, -0.25) is 4.98 Å². The van der Waals surface area contributed by atoms with Crippen LogP contribution in [-0.2, 0) is 0 Å². The second kappa shape index (κ2) is 14.3. The first-order valence-electron chi connectivity index (χ1n) is 19.5. The van der Waals surface area contributed by atoms with Crippen molar-refractivity contribution in [3.8, 4) is 72.0 Å². The molecule has 0 N–H and O–H groups in total. The maximum atomic E-state index is 5.17. The molecule has 11 rings (SSSR count). The van der Waals surface area contributed by atoms with Crippen molar-refractivity contribution < 1.29 is 0 Å². The van der Waals surface area contributed by atoms with E-state index in [1.165, 1.54) is 60.0 Å². The molecule has 58 heavy (non-hydrogen) atoms. The number of pyridine rings is 1. The highest BCUT2D eigenvalue weighted by atomic mass is 32.1. The summed E-state index contributed by atoms with van der Waals surface area (Å²) in [6.07, 6.45) is 1.85. The fraction of sp³-hybridized carbons (Fsp3) is 0. The molecule has 0 spiro atoms. The first kappa shape index (κ1) is 33.9. The minimum Gasteiger partial charge on any atom is -0.309 e. The number of fused-ring (bicyclic) bond motifs is 4. The van der Waals surface area contributed by atoms with Crippen molar-refractivity contribution in [3.05, 3.63) is 212 Å². The van der Waals surface area contributed by atoms with Crippen LogP contribution < -0.4 is 0 Å². The molecule has 3 heterocycles. The molecule has 4 heteroatoms. The number of nitrogens with zero attached hydrogens (tertiary/aromatic N) is 3. The van der Waals surface area contributed by atoms with Gasteiger partial charge in [0.1, 0.15) is 5.01 Å². The Hall–Kier alpha value is -7.40. The standard InChI is InChI=1S/C54H35N3S/c1-3-10-36(11-4-1)38-17-21-40(22-18-38)42-27-30-51-48(33-42)47-28-25-45(34-52(47)57(51)46-15-9-14-44(32-46)49-16-7-8-31-55-49)54-56-50-29-26-43(35-53(50)58-54)41-23-19-39(20-24-41)37-12-5-2-6-13-37/h1-35H. The van der Waals surface area contributed by atoms with E-state index in [2.05, 4.69) is 204 Å². The lowest BCUT2D eigenvalue weighted by molar-refractivity contribution is 1.18. The fourth-order valence-corrected chi connectivity index (χ4v) is 9.15. The van der Waals surface area contributed by atoms with Crippen molar-refractivity contribution in [3.63, 3.8) is 0 Å². The van der Waals surface area contributed by atoms with E-state index in [9.17, 15) is 0 Å². The molecule has 0 aliphatic heterocycles. The minimum atomic E-state index is 0.952. The SMILES string of the molecule is c1ccc(-c2ccc(-c3ccc4nc(-c5ccc6c7cc(-c8ccc(-c9ccccc9)cc8)ccc7n(-c7cccc(-c8ccccn8)c7)c6c5)sc4c3)cc2)cc1. The van der Waals surface area contributed by atoms with Gasteiger partial charge in [0.25, 0.3) is 0 Å². The van der Waals surface area contributed by atoms with Crippen LogP contribution in [0, 0.1) is 0 Å². The van der Waals surface area contributed by atoms with Gasteiger partial charge in [-0.1, -0.05) is 152 Å². The number of hydrogen-bond acceptors (Lipinski definition) is 3. The Bertz CT molecular complexity index is 3240. The van der Waals surface area contributed by atoms with Crippen LogP contribution >= 0.6 is 11.3 Å². The smallest absolute Gasteiger partial charge is 0.124 e. The van der Waals surface area contributed by atoms with E-state index in [1.807, 2.05) is 18.3 Å². The molecule has 0 aliphatic rings. The van der Waals surface area contributed by atoms with E-state index in [1.54, 1.807) is 11.3 Å². The molecule has 0 atom stereocenters. The summed E-state index contributed by atoms with van der Waals surface area (Å²) in [7, 11) is 0. The monoisotopic (exact) mass is 757 g/mol. The normalized spacial score (nSPS) is 11.4. The predicted molar refractivity (Wildman–Crippen MR) is 244 cm³/mol. The topological polar surface area (TPSA) is 30.7 Å². The first-order valence-corrected chi connectivity index (χ1v) is 20.4. The van der Waals surface area contributed by atoms with E-state index < -0.39 is 0 Å². The van der Waals surface area contributed by atoms with Gasteiger partial charge in [0, 0.05) is 33.8 Å². The van der Waals surface area contributed by atoms with Crippen LogP contribution in [0.2, 0.25) is 0 Å². The predicted octanol–water partition coefficient (Wildman–Crippen LogP) is 14.8. The largest absolute Gasteiger partial charge is 0.309 e. The molecule has 3 aromatic heterocycles. The molecular formula is C54H35N3S. The molecule has 11 aromatic rings. The first-order chi connectivity index (χ1) is 28.7. The Labute approximate surface area is 340 Å².